The van der Waals surface area contributed by atoms with Crippen molar-refractivity contribution >= 4 is 10.0 Å². The van der Waals surface area contributed by atoms with Crippen LogP contribution >= 0.6 is 0 Å². The molecule has 0 spiro atoms. The molecule has 3 N–H and O–H groups in total. The predicted molar refractivity (Wildman–Crippen MR) is 64.1 cm³/mol. The summed E-state index contributed by atoms with van der Waals surface area (Å²) < 4.78 is 30.3. The van der Waals surface area contributed by atoms with E-state index in [2.05, 4.69) is 20.2 Å². The summed E-state index contributed by atoms with van der Waals surface area (Å²) >= 11 is 0. The van der Waals surface area contributed by atoms with E-state index in [0.29, 0.717) is 18.8 Å². The van der Waals surface area contributed by atoms with Gasteiger partial charge in [-0.25, -0.2) is 13.1 Å². The molecule has 2 heterocycles. The van der Waals surface area contributed by atoms with Gasteiger partial charge < -0.3 is 9.73 Å². The Balaban J connectivity index is 1.91. The Morgan fingerprint density at radius 3 is 2.83 bits per heavy atom. The summed E-state index contributed by atoms with van der Waals surface area (Å²) in [6.07, 6.45) is 1.67. The first-order valence-corrected chi connectivity index (χ1v) is 6.81. The molecular formula is C10H14N4O3S. The minimum absolute atomic E-state index is 0.0802. The van der Waals surface area contributed by atoms with Crippen molar-refractivity contribution in [1.82, 2.24) is 20.2 Å². The highest BCUT2D eigenvalue weighted by atomic mass is 32.2. The molecule has 8 heteroatoms. The Kier molecular flexibility index (Phi) is 3.80. The Hall–Kier alpha value is -1.64. The average Bonchev–Trinajstić information content (AvgIpc) is 3.00. The minimum atomic E-state index is -3.51. The fourth-order valence-electron chi connectivity index (χ4n) is 1.40. The summed E-state index contributed by atoms with van der Waals surface area (Å²) in [6.45, 7) is 1.05. The van der Waals surface area contributed by atoms with Crippen molar-refractivity contribution in [2.75, 3.05) is 7.05 Å². The molecule has 98 valence electrons. The second kappa shape index (κ2) is 5.34. The quantitative estimate of drug-likeness (QED) is 0.696. The van der Waals surface area contributed by atoms with Crippen LogP contribution in [0.4, 0.5) is 0 Å². The number of nitrogens with one attached hydrogen (secondary N) is 3. The molecule has 0 atom stereocenters. The van der Waals surface area contributed by atoms with Crippen molar-refractivity contribution in [2.24, 2.45) is 0 Å². The molecule has 0 fully saturated rings. The summed E-state index contributed by atoms with van der Waals surface area (Å²) in [4.78, 5) is 0. The number of hydrogen-bond acceptors (Lipinski definition) is 5. The van der Waals surface area contributed by atoms with E-state index in [9.17, 15) is 8.42 Å². The van der Waals surface area contributed by atoms with Gasteiger partial charge in [-0.05, 0) is 25.2 Å². The molecule has 0 aliphatic rings. The van der Waals surface area contributed by atoms with E-state index in [-0.39, 0.29) is 5.09 Å². The first kappa shape index (κ1) is 12.8. The van der Waals surface area contributed by atoms with Crippen molar-refractivity contribution in [3.8, 4) is 0 Å². The molecule has 2 rings (SSSR count). The number of nitrogens with zero attached hydrogens (tertiary/aromatic N) is 1. The van der Waals surface area contributed by atoms with E-state index in [1.54, 1.807) is 12.3 Å². The first-order chi connectivity index (χ1) is 8.62. The topological polar surface area (TPSA) is 100 Å². The molecule has 0 unspecified atom stereocenters. The van der Waals surface area contributed by atoms with Crippen LogP contribution in [0.3, 0.4) is 0 Å². The van der Waals surface area contributed by atoms with Crippen LogP contribution in [0, 0.1) is 0 Å². The number of aromatic nitrogens is 2. The van der Waals surface area contributed by atoms with Gasteiger partial charge in [-0.1, -0.05) is 0 Å². The maximum Gasteiger partial charge on any atom is 0.273 e. The van der Waals surface area contributed by atoms with Crippen molar-refractivity contribution in [3.05, 3.63) is 35.9 Å². The SMILES string of the molecule is CNS(=O)(=O)c1ccc(CNCc2ccn[nH]2)o1. The van der Waals surface area contributed by atoms with Gasteiger partial charge in [0.2, 0.25) is 5.09 Å². The molecule has 0 aliphatic heterocycles. The van der Waals surface area contributed by atoms with Gasteiger partial charge >= 0.3 is 0 Å². The molecule has 0 aliphatic carbocycles. The van der Waals surface area contributed by atoms with Gasteiger partial charge in [0.1, 0.15) is 5.76 Å². The van der Waals surface area contributed by atoms with Crippen molar-refractivity contribution in [3.63, 3.8) is 0 Å². The lowest BCUT2D eigenvalue weighted by Gasteiger charge is -2.00. The van der Waals surface area contributed by atoms with E-state index in [0.717, 1.165) is 5.69 Å². The molecule has 0 aromatic carbocycles. The fourth-order valence-corrected chi connectivity index (χ4v) is 2.07. The lowest BCUT2D eigenvalue weighted by atomic mass is 10.4. The highest BCUT2D eigenvalue weighted by Gasteiger charge is 2.15. The lowest BCUT2D eigenvalue weighted by molar-refractivity contribution is 0.400. The van der Waals surface area contributed by atoms with E-state index < -0.39 is 10.0 Å². The zero-order chi connectivity index (χ0) is 13.0. The number of hydrogen-bond donors (Lipinski definition) is 3. The Labute approximate surface area is 105 Å². The molecule has 18 heavy (non-hydrogen) atoms. The zero-order valence-corrected chi connectivity index (χ0v) is 10.6. The fraction of sp³-hybridized carbons (Fsp3) is 0.300. The van der Waals surface area contributed by atoms with Crippen molar-refractivity contribution < 1.29 is 12.8 Å². The highest BCUT2D eigenvalue weighted by Crippen LogP contribution is 2.13. The third-order valence-electron chi connectivity index (χ3n) is 2.34. The minimum Gasteiger partial charge on any atom is -0.447 e. The molecule has 0 amide bonds. The van der Waals surface area contributed by atoms with Crippen LogP contribution in [0.1, 0.15) is 11.5 Å². The van der Waals surface area contributed by atoms with E-state index >= 15 is 0 Å². The number of H-pyrrole nitrogens is 1. The van der Waals surface area contributed by atoms with E-state index in [1.807, 2.05) is 6.07 Å². The normalized spacial score (nSPS) is 11.8. The van der Waals surface area contributed by atoms with Crippen LogP contribution in [0.15, 0.2) is 33.9 Å². The molecular weight excluding hydrogens is 256 g/mol. The summed E-state index contributed by atoms with van der Waals surface area (Å²) in [5, 5.41) is 9.66. The van der Waals surface area contributed by atoms with Gasteiger partial charge in [-0.3, -0.25) is 5.10 Å². The highest BCUT2D eigenvalue weighted by molar-refractivity contribution is 7.89. The Bertz CT molecular complexity index is 588. The molecule has 2 aromatic rings. The van der Waals surface area contributed by atoms with Gasteiger partial charge in [-0.15, -0.1) is 0 Å². The third kappa shape index (κ3) is 2.97. The van der Waals surface area contributed by atoms with Crippen LogP contribution < -0.4 is 10.0 Å². The maximum atomic E-state index is 11.4. The summed E-state index contributed by atoms with van der Waals surface area (Å²) in [6, 6.07) is 4.91. The predicted octanol–water partition coefficient (Wildman–Crippen LogP) is 0.201. The third-order valence-corrected chi connectivity index (χ3v) is 3.63. The largest absolute Gasteiger partial charge is 0.447 e. The Morgan fingerprint density at radius 1 is 1.33 bits per heavy atom. The van der Waals surface area contributed by atoms with E-state index in [1.165, 1.54) is 13.1 Å². The molecule has 0 radical (unpaired) electrons. The summed E-state index contributed by atoms with van der Waals surface area (Å²) in [7, 11) is -2.16. The second-order valence-corrected chi connectivity index (χ2v) is 5.43. The molecule has 0 bridgehead atoms. The number of furan rings is 1. The van der Waals surface area contributed by atoms with Gasteiger partial charge in [0.25, 0.3) is 10.0 Å². The van der Waals surface area contributed by atoms with E-state index in [4.69, 9.17) is 4.42 Å². The summed E-state index contributed by atoms with van der Waals surface area (Å²) in [5.41, 5.74) is 0.949. The van der Waals surface area contributed by atoms with Gasteiger partial charge in [-0.2, -0.15) is 5.10 Å². The van der Waals surface area contributed by atoms with Crippen LogP contribution in [0.25, 0.3) is 0 Å². The number of aromatic amines is 1. The smallest absolute Gasteiger partial charge is 0.273 e. The monoisotopic (exact) mass is 270 g/mol. The standard InChI is InChI=1S/C10H14N4O3S/c1-11-18(15,16)10-3-2-9(17-10)7-12-6-8-4-5-13-14-8/h2-5,11-12H,6-7H2,1H3,(H,13,14). The molecule has 7 nitrogen and oxygen atoms in total. The van der Waals surface area contributed by atoms with Crippen LogP contribution in [0.2, 0.25) is 0 Å². The lowest BCUT2D eigenvalue weighted by Crippen LogP contribution is -2.17. The number of sulfonamides is 1. The molecule has 2 aromatic heterocycles. The Morgan fingerprint density at radius 2 is 2.17 bits per heavy atom. The zero-order valence-electron chi connectivity index (χ0n) is 9.80. The maximum absolute atomic E-state index is 11.4. The molecule has 0 saturated heterocycles. The van der Waals surface area contributed by atoms with Gasteiger partial charge in [0, 0.05) is 18.4 Å². The van der Waals surface area contributed by atoms with Gasteiger partial charge in [0.05, 0.1) is 6.54 Å². The number of rotatable bonds is 6. The molecule has 0 saturated carbocycles. The van der Waals surface area contributed by atoms with Crippen LogP contribution in [-0.4, -0.2) is 25.7 Å². The van der Waals surface area contributed by atoms with Gasteiger partial charge in [0.15, 0.2) is 0 Å². The average molecular weight is 270 g/mol. The van der Waals surface area contributed by atoms with Crippen molar-refractivity contribution in [2.45, 2.75) is 18.2 Å². The summed E-state index contributed by atoms with van der Waals surface area (Å²) in [5.74, 6) is 0.559. The first-order valence-electron chi connectivity index (χ1n) is 5.33. The van der Waals surface area contributed by atoms with Crippen LogP contribution in [-0.2, 0) is 23.1 Å². The second-order valence-electron chi connectivity index (χ2n) is 3.61. The van der Waals surface area contributed by atoms with Crippen LogP contribution in [0.5, 0.6) is 0 Å². The van der Waals surface area contributed by atoms with Crippen molar-refractivity contribution in [1.29, 1.82) is 0 Å².